The predicted octanol–water partition coefficient (Wildman–Crippen LogP) is 3.06. The summed E-state index contributed by atoms with van der Waals surface area (Å²) in [6, 6.07) is 7.97. The minimum absolute atomic E-state index is 0.0763. The second-order valence-electron chi connectivity index (χ2n) is 3.42. The summed E-state index contributed by atoms with van der Waals surface area (Å²) in [5.41, 5.74) is 0.658. The van der Waals surface area contributed by atoms with Gasteiger partial charge in [0.05, 0.1) is 4.88 Å². The van der Waals surface area contributed by atoms with Crippen molar-refractivity contribution in [1.29, 1.82) is 0 Å². The molecule has 0 atom stereocenters. The van der Waals surface area contributed by atoms with E-state index in [0.717, 1.165) is 0 Å². The fourth-order valence-corrected chi connectivity index (χ4v) is 1.96. The molecule has 1 aromatic heterocycles. The van der Waals surface area contributed by atoms with Crippen LogP contribution < -0.4 is 0 Å². The Morgan fingerprint density at radius 2 is 2.00 bits per heavy atom. The number of benzene rings is 1. The zero-order chi connectivity index (χ0) is 12.3. The number of hydrogen-bond acceptors (Lipinski definition) is 4. The molecule has 17 heavy (non-hydrogen) atoms. The van der Waals surface area contributed by atoms with E-state index in [1.807, 2.05) is 11.4 Å². The second kappa shape index (κ2) is 4.84. The van der Waals surface area contributed by atoms with Crippen LogP contribution in [0.25, 0.3) is 6.08 Å². The van der Waals surface area contributed by atoms with Crippen molar-refractivity contribution >= 4 is 23.2 Å². The van der Waals surface area contributed by atoms with Crippen LogP contribution in [0.3, 0.4) is 0 Å². The topological polar surface area (TPSA) is 57.5 Å². The van der Waals surface area contributed by atoms with E-state index in [1.165, 1.54) is 29.5 Å². The lowest BCUT2D eigenvalue weighted by atomic mass is 10.1. The van der Waals surface area contributed by atoms with Crippen molar-refractivity contribution in [1.82, 2.24) is 0 Å². The molecule has 2 aromatic rings. The first-order valence-electron chi connectivity index (χ1n) is 4.95. The summed E-state index contributed by atoms with van der Waals surface area (Å²) in [5.74, 6) is -0.449. The molecule has 0 aliphatic heterocycles. The van der Waals surface area contributed by atoms with Crippen LogP contribution in [-0.4, -0.2) is 16.0 Å². The highest BCUT2D eigenvalue weighted by Gasteiger charge is 2.02. The van der Waals surface area contributed by atoms with E-state index in [2.05, 4.69) is 0 Å². The van der Waals surface area contributed by atoms with Crippen LogP contribution >= 0.6 is 11.3 Å². The lowest BCUT2D eigenvalue weighted by Crippen LogP contribution is -1.88. The molecule has 1 aromatic carbocycles. The van der Waals surface area contributed by atoms with E-state index < -0.39 is 0 Å². The van der Waals surface area contributed by atoms with Gasteiger partial charge in [-0.2, -0.15) is 0 Å². The first kappa shape index (κ1) is 11.4. The van der Waals surface area contributed by atoms with Gasteiger partial charge in [-0.05, 0) is 35.2 Å². The number of phenolic OH excluding ortho intramolecular Hbond substituents is 2. The average molecular weight is 246 g/mol. The maximum Gasteiger partial charge on any atom is 0.195 e. The Bertz CT molecular complexity index is 556. The standard InChI is InChI=1S/C13H10O3S/c14-10-5-3-9(8-12(10)16)4-6-11(15)13-2-1-7-17-13/h1-8,14,16H/b6-4+. The summed E-state index contributed by atoms with van der Waals surface area (Å²) in [4.78, 5) is 12.3. The smallest absolute Gasteiger partial charge is 0.195 e. The fourth-order valence-electron chi connectivity index (χ4n) is 1.32. The Morgan fingerprint density at radius 3 is 2.65 bits per heavy atom. The van der Waals surface area contributed by atoms with Crippen molar-refractivity contribution in [2.75, 3.05) is 0 Å². The zero-order valence-electron chi connectivity index (χ0n) is 8.83. The lowest BCUT2D eigenvalue weighted by Gasteiger charge is -1.98. The highest BCUT2D eigenvalue weighted by atomic mass is 32.1. The summed E-state index contributed by atoms with van der Waals surface area (Å²) in [5, 5.41) is 20.3. The van der Waals surface area contributed by atoms with Crippen LogP contribution in [0.1, 0.15) is 15.2 Å². The number of rotatable bonds is 3. The van der Waals surface area contributed by atoms with E-state index >= 15 is 0 Å². The normalized spacial score (nSPS) is 10.8. The summed E-state index contributed by atoms with van der Waals surface area (Å²) in [7, 11) is 0. The van der Waals surface area contributed by atoms with Crippen LogP contribution in [0.2, 0.25) is 0 Å². The van der Waals surface area contributed by atoms with Gasteiger partial charge in [0, 0.05) is 0 Å². The van der Waals surface area contributed by atoms with Crippen LogP contribution in [0.5, 0.6) is 11.5 Å². The highest BCUT2D eigenvalue weighted by Crippen LogP contribution is 2.25. The van der Waals surface area contributed by atoms with Gasteiger partial charge < -0.3 is 10.2 Å². The van der Waals surface area contributed by atoms with Crippen LogP contribution in [0.4, 0.5) is 0 Å². The summed E-state index contributed by atoms with van der Waals surface area (Å²) >= 11 is 1.38. The van der Waals surface area contributed by atoms with Gasteiger partial charge in [-0.3, -0.25) is 4.79 Å². The number of thiophene rings is 1. The number of phenols is 2. The highest BCUT2D eigenvalue weighted by molar-refractivity contribution is 7.12. The monoisotopic (exact) mass is 246 g/mol. The van der Waals surface area contributed by atoms with E-state index in [1.54, 1.807) is 18.2 Å². The Balaban J connectivity index is 2.15. The molecule has 3 nitrogen and oxygen atoms in total. The molecule has 86 valence electrons. The number of carbonyl (C=O) groups excluding carboxylic acids is 1. The molecule has 0 aliphatic rings. The lowest BCUT2D eigenvalue weighted by molar-refractivity contribution is 0.105. The molecule has 0 radical (unpaired) electrons. The van der Waals surface area contributed by atoms with Crippen molar-refractivity contribution in [2.24, 2.45) is 0 Å². The minimum atomic E-state index is -0.198. The molecule has 0 fully saturated rings. The maximum atomic E-state index is 11.6. The predicted molar refractivity (Wildman–Crippen MR) is 67.5 cm³/mol. The van der Waals surface area contributed by atoms with Crippen molar-refractivity contribution in [2.45, 2.75) is 0 Å². The largest absolute Gasteiger partial charge is 0.504 e. The molecule has 2 N–H and O–H groups in total. The number of carbonyl (C=O) groups is 1. The van der Waals surface area contributed by atoms with Gasteiger partial charge in [-0.25, -0.2) is 0 Å². The minimum Gasteiger partial charge on any atom is -0.504 e. The van der Waals surface area contributed by atoms with Crippen molar-refractivity contribution < 1.29 is 15.0 Å². The molecular weight excluding hydrogens is 236 g/mol. The third kappa shape index (κ3) is 2.73. The number of aromatic hydroxyl groups is 2. The molecule has 0 saturated heterocycles. The SMILES string of the molecule is O=C(/C=C/c1ccc(O)c(O)c1)c1cccs1. The van der Waals surface area contributed by atoms with Gasteiger partial charge in [-0.1, -0.05) is 18.2 Å². The van der Waals surface area contributed by atoms with Gasteiger partial charge in [-0.15, -0.1) is 11.3 Å². The number of allylic oxidation sites excluding steroid dienone is 1. The van der Waals surface area contributed by atoms with Crippen molar-refractivity contribution in [3.05, 3.63) is 52.2 Å². The number of hydrogen-bond donors (Lipinski definition) is 2. The van der Waals surface area contributed by atoms with Gasteiger partial charge in [0.25, 0.3) is 0 Å². The Labute approximate surface area is 102 Å². The van der Waals surface area contributed by atoms with Gasteiger partial charge in [0.1, 0.15) is 0 Å². The van der Waals surface area contributed by atoms with Crippen LogP contribution in [0.15, 0.2) is 41.8 Å². The van der Waals surface area contributed by atoms with Crippen LogP contribution in [0, 0.1) is 0 Å². The average Bonchev–Trinajstić information content (AvgIpc) is 2.84. The zero-order valence-corrected chi connectivity index (χ0v) is 9.65. The van der Waals surface area contributed by atoms with E-state index in [-0.39, 0.29) is 17.3 Å². The fraction of sp³-hybridized carbons (Fsp3) is 0. The quantitative estimate of drug-likeness (QED) is 0.497. The summed E-state index contributed by atoms with van der Waals surface area (Å²) in [6.07, 6.45) is 3.04. The van der Waals surface area contributed by atoms with Crippen molar-refractivity contribution in [3.63, 3.8) is 0 Å². The number of ketones is 1. The van der Waals surface area contributed by atoms with E-state index in [4.69, 9.17) is 5.11 Å². The molecular formula is C13H10O3S. The molecule has 0 spiro atoms. The molecule has 0 aliphatic carbocycles. The van der Waals surface area contributed by atoms with Crippen molar-refractivity contribution in [3.8, 4) is 11.5 Å². The first-order valence-corrected chi connectivity index (χ1v) is 5.82. The van der Waals surface area contributed by atoms with Gasteiger partial charge in [0.2, 0.25) is 0 Å². The third-order valence-electron chi connectivity index (χ3n) is 2.19. The first-order chi connectivity index (χ1) is 8.16. The molecule has 0 bridgehead atoms. The molecule has 0 saturated carbocycles. The second-order valence-corrected chi connectivity index (χ2v) is 4.37. The molecule has 4 heteroatoms. The summed E-state index contributed by atoms with van der Waals surface area (Å²) < 4.78 is 0. The van der Waals surface area contributed by atoms with E-state index in [0.29, 0.717) is 10.4 Å². The van der Waals surface area contributed by atoms with Gasteiger partial charge >= 0.3 is 0 Å². The molecule has 1 heterocycles. The molecule has 2 rings (SSSR count). The van der Waals surface area contributed by atoms with Gasteiger partial charge in [0.15, 0.2) is 17.3 Å². The third-order valence-corrected chi connectivity index (χ3v) is 3.08. The van der Waals surface area contributed by atoms with Crippen LogP contribution in [-0.2, 0) is 0 Å². The maximum absolute atomic E-state index is 11.6. The van der Waals surface area contributed by atoms with E-state index in [9.17, 15) is 9.90 Å². The Morgan fingerprint density at radius 1 is 1.18 bits per heavy atom. The molecule has 0 unspecified atom stereocenters. The Hall–Kier alpha value is -2.07. The summed E-state index contributed by atoms with van der Waals surface area (Å²) in [6.45, 7) is 0. The Kier molecular flexibility index (Phi) is 3.25. The molecule has 0 amide bonds.